The molecule has 1 heterocycles. The van der Waals surface area contributed by atoms with Crippen LogP contribution in [0.4, 0.5) is 0 Å². The molecule has 1 N–H and O–H groups in total. The molecule has 0 saturated heterocycles. The fourth-order valence-electron chi connectivity index (χ4n) is 1.53. The Morgan fingerprint density at radius 2 is 2.06 bits per heavy atom. The molecule has 96 valence electrons. The molecule has 0 saturated carbocycles. The van der Waals surface area contributed by atoms with Crippen LogP contribution in [0.25, 0.3) is 0 Å². The molecular formula is C12H12ClNO2S2. The Bertz CT molecular complexity index is 623. The number of sulfonamides is 1. The van der Waals surface area contributed by atoms with Crippen molar-refractivity contribution in [2.45, 2.75) is 17.9 Å². The van der Waals surface area contributed by atoms with Crippen LogP contribution in [0.5, 0.6) is 0 Å². The van der Waals surface area contributed by atoms with Crippen molar-refractivity contribution in [3.8, 4) is 0 Å². The van der Waals surface area contributed by atoms with Gasteiger partial charge in [0.15, 0.2) is 0 Å². The molecule has 0 spiro atoms. The third kappa shape index (κ3) is 3.11. The largest absolute Gasteiger partial charge is 0.241 e. The van der Waals surface area contributed by atoms with Gasteiger partial charge in [0.05, 0.1) is 10.9 Å². The highest BCUT2D eigenvalue weighted by molar-refractivity contribution is 7.89. The van der Waals surface area contributed by atoms with Gasteiger partial charge in [0.25, 0.3) is 0 Å². The van der Waals surface area contributed by atoms with Gasteiger partial charge < -0.3 is 0 Å². The van der Waals surface area contributed by atoms with E-state index in [1.165, 1.54) is 23.5 Å². The quantitative estimate of drug-likeness (QED) is 0.940. The topological polar surface area (TPSA) is 46.2 Å². The number of thiophene rings is 1. The average molecular weight is 302 g/mol. The van der Waals surface area contributed by atoms with Crippen molar-refractivity contribution in [2.75, 3.05) is 0 Å². The minimum atomic E-state index is -3.54. The summed E-state index contributed by atoms with van der Waals surface area (Å²) in [5.41, 5.74) is 0. The monoisotopic (exact) mass is 301 g/mol. The van der Waals surface area contributed by atoms with Crippen LogP contribution in [-0.4, -0.2) is 8.42 Å². The summed E-state index contributed by atoms with van der Waals surface area (Å²) in [5.74, 6) is 0. The van der Waals surface area contributed by atoms with Gasteiger partial charge in [-0.15, -0.1) is 11.3 Å². The first kappa shape index (κ1) is 13.5. The molecule has 0 fully saturated rings. The van der Waals surface area contributed by atoms with Crippen LogP contribution in [0, 0.1) is 0 Å². The molecule has 0 aliphatic heterocycles. The van der Waals surface area contributed by atoms with E-state index < -0.39 is 10.0 Å². The molecule has 0 aliphatic rings. The molecular weight excluding hydrogens is 290 g/mol. The Morgan fingerprint density at radius 1 is 1.28 bits per heavy atom. The van der Waals surface area contributed by atoms with Crippen molar-refractivity contribution in [1.29, 1.82) is 0 Å². The summed E-state index contributed by atoms with van der Waals surface area (Å²) in [5, 5.41) is 2.32. The van der Waals surface area contributed by atoms with Gasteiger partial charge in [-0.1, -0.05) is 23.7 Å². The van der Waals surface area contributed by atoms with Crippen LogP contribution in [0.2, 0.25) is 5.02 Å². The normalized spacial score (nSPS) is 13.4. The van der Waals surface area contributed by atoms with Gasteiger partial charge in [0, 0.05) is 9.90 Å². The van der Waals surface area contributed by atoms with Crippen molar-refractivity contribution in [3.05, 3.63) is 51.7 Å². The predicted octanol–water partition coefficient (Wildman–Crippen LogP) is 3.44. The van der Waals surface area contributed by atoms with Crippen LogP contribution in [0.3, 0.4) is 0 Å². The zero-order valence-corrected chi connectivity index (χ0v) is 12.0. The van der Waals surface area contributed by atoms with E-state index in [1.54, 1.807) is 12.1 Å². The van der Waals surface area contributed by atoms with Crippen molar-refractivity contribution >= 4 is 33.0 Å². The lowest BCUT2D eigenvalue weighted by Crippen LogP contribution is -2.26. The fraction of sp³-hybridized carbons (Fsp3) is 0.167. The molecule has 1 aromatic heterocycles. The first-order valence-electron chi connectivity index (χ1n) is 5.30. The second kappa shape index (κ2) is 5.40. The average Bonchev–Trinajstić information content (AvgIpc) is 2.82. The maximum absolute atomic E-state index is 12.1. The SMILES string of the molecule is CC(NS(=O)(=O)c1cccc(Cl)c1)c1cccs1. The highest BCUT2D eigenvalue weighted by Crippen LogP contribution is 2.22. The third-order valence-corrected chi connectivity index (χ3v) is 5.24. The summed E-state index contributed by atoms with van der Waals surface area (Å²) in [6.45, 7) is 1.81. The van der Waals surface area contributed by atoms with E-state index in [0.29, 0.717) is 5.02 Å². The second-order valence-corrected chi connectivity index (χ2v) is 6.95. The zero-order chi connectivity index (χ0) is 13.2. The number of nitrogens with one attached hydrogen (secondary N) is 1. The van der Waals surface area contributed by atoms with Gasteiger partial charge in [-0.25, -0.2) is 13.1 Å². The highest BCUT2D eigenvalue weighted by atomic mass is 35.5. The molecule has 2 rings (SSSR count). The molecule has 3 nitrogen and oxygen atoms in total. The summed E-state index contributed by atoms with van der Waals surface area (Å²) in [7, 11) is -3.54. The van der Waals surface area contributed by atoms with Crippen molar-refractivity contribution in [2.24, 2.45) is 0 Å². The Labute approximate surface area is 115 Å². The van der Waals surface area contributed by atoms with Gasteiger partial charge >= 0.3 is 0 Å². The summed E-state index contributed by atoms with van der Waals surface area (Å²) in [6, 6.07) is 9.75. The molecule has 6 heteroatoms. The van der Waals surface area contributed by atoms with Gasteiger partial charge in [-0.3, -0.25) is 0 Å². The van der Waals surface area contributed by atoms with E-state index in [9.17, 15) is 8.42 Å². The Balaban J connectivity index is 2.22. The van der Waals surface area contributed by atoms with Crippen LogP contribution >= 0.6 is 22.9 Å². The van der Waals surface area contributed by atoms with Gasteiger partial charge in [0.2, 0.25) is 10.0 Å². The Hall–Kier alpha value is -0.880. The lowest BCUT2D eigenvalue weighted by atomic mass is 10.3. The molecule has 0 bridgehead atoms. The maximum Gasteiger partial charge on any atom is 0.241 e. The Morgan fingerprint density at radius 3 is 2.67 bits per heavy atom. The maximum atomic E-state index is 12.1. The summed E-state index contributed by atoms with van der Waals surface area (Å²) < 4.78 is 26.9. The minimum absolute atomic E-state index is 0.179. The molecule has 2 aromatic rings. The van der Waals surface area contributed by atoms with Gasteiger partial charge in [-0.2, -0.15) is 0 Å². The predicted molar refractivity (Wildman–Crippen MR) is 74.5 cm³/mol. The first-order valence-corrected chi connectivity index (χ1v) is 8.04. The molecule has 18 heavy (non-hydrogen) atoms. The highest BCUT2D eigenvalue weighted by Gasteiger charge is 2.18. The Kier molecular flexibility index (Phi) is 4.07. The third-order valence-electron chi connectivity index (χ3n) is 2.41. The van der Waals surface area contributed by atoms with E-state index in [-0.39, 0.29) is 10.9 Å². The molecule has 1 unspecified atom stereocenters. The molecule has 0 radical (unpaired) electrons. The lowest BCUT2D eigenvalue weighted by molar-refractivity contribution is 0.568. The molecule has 0 aliphatic carbocycles. The van der Waals surface area contributed by atoms with Gasteiger partial charge in [0.1, 0.15) is 0 Å². The summed E-state index contributed by atoms with van der Waals surface area (Å²) in [4.78, 5) is 1.15. The smallest absolute Gasteiger partial charge is 0.207 e. The van der Waals surface area contributed by atoms with Crippen molar-refractivity contribution in [3.63, 3.8) is 0 Å². The van der Waals surface area contributed by atoms with E-state index in [2.05, 4.69) is 4.72 Å². The summed E-state index contributed by atoms with van der Waals surface area (Å²) in [6.07, 6.45) is 0. The van der Waals surface area contributed by atoms with Crippen molar-refractivity contribution < 1.29 is 8.42 Å². The number of hydrogen-bond acceptors (Lipinski definition) is 3. The number of hydrogen-bond donors (Lipinski definition) is 1. The van der Waals surface area contributed by atoms with Crippen LogP contribution in [-0.2, 0) is 10.0 Å². The lowest BCUT2D eigenvalue weighted by Gasteiger charge is -2.12. The minimum Gasteiger partial charge on any atom is -0.207 e. The number of benzene rings is 1. The summed E-state index contributed by atoms with van der Waals surface area (Å²) >= 11 is 7.31. The van der Waals surface area contributed by atoms with E-state index in [4.69, 9.17) is 11.6 Å². The van der Waals surface area contributed by atoms with E-state index in [0.717, 1.165) is 4.88 Å². The molecule has 0 amide bonds. The second-order valence-electron chi connectivity index (χ2n) is 3.82. The van der Waals surface area contributed by atoms with E-state index in [1.807, 2.05) is 24.4 Å². The van der Waals surface area contributed by atoms with E-state index >= 15 is 0 Å². The van der Waals surface area contributed by atoms with Crippen LogP contribution < -0.4 is 4.72 Å². The molecule has 1 atom stereocenters. The molecule has 1 aromatic carbocycles. The van der Waals surface area contributed by atoms with Crippen LogP contribution in [0.15, 0.2) is 46.7 Å². The fourth-order valence-corrected chi connectivity index (χ4v) is 3.86. The zero-order valence-electron chi connectivity index (χ0n) is 9.63. The number of halogens is 1. The number of rotatable bonds is 4. The van der Waals surface area contributed by atoms with Crippen molar-refractivity contribution in [1.82, 2.24) is 4.72 Å². The van der Waals surface area contributed by atoms with Crippen LogP contribution in [0.1, 0.15) is 17.8 Å². The first-order chi connectivity index (χ1) is 8.49. The van der Waals surface area contributed by atoms with Gasteiger partial charge in [-0.05, 0) is 36.6 Å². The standard InChI is InChI=1S/C12H12ClNO2S2/c1-9(12-6-3-7-17-12)14-18(15,16)11-5-2-4-10(13)8-11/h2-9,14H,1H3.